The lowest BCUT2D eigenvalue weighted by molar-refractivity contribution is 1.26. The number of nitrogens with zero attached hydrogens (tertiary/aromatic N) is 2. The third kappa shape index (κ3) is 1.16. The summed E-state index contributed by atoms with van der Waals surface area (Å²) in [6.45, 7) is 0. The second-order valence-electron chi connectivity index (χ2n) is 2.42. The average molecular weight is 158 g/mol. The summed E-state index contributed by atoms with van der Waals surface area (Å²) in [6, 6.07) is 7.39. The van der Waals surface area contributed by atoms with Gasteiger partial charge in [0.15, 0.2) is 0 Å². The van der Waals surface area contributed by atoms with Crippen molar-refractivity contribution in [3.8, 4) is 0 Å². The van der Waals surface area contributed by atoms with Gasteiger partial charge in [0.1, 0.15) is 0 Å². The van der Waals surface area contributed by atoms with E-state index in [0.717, 1.165) is 5.39 Å². The van der Waals surface area contributed by atoms with Crippen LogP contribution in [0.15, 0.2) is 41.5 Å². The zero-order valence-electron chi connectivity index (χ0n) is 6.27. The van der Waals surface area contributed by atoms with Crippen molar-refractivity contribution >= 4 is 10.9 Å². The Morgan fingerprint density at radius 1 is 1.08 bits per heavy atom. The van der Waals surface area contributed by atoms with Crippen LogP contribution in [0.25, 0.3) is 10.9 Å². The second-order valence-corrected chi connectivity index (χ2v) is 2.42. The van der Waals surface area contributed by atoms with Gasteiger partial charge in [-0.1, -0.05) is 18.2 Å². The van der Waals surface area contributed by atoms with Crippen molar-refractivity contribution in [3.05, 3.63) is 47.0 Å². The van der Waals surface area contributed by atoms with Crippen molar-refractivity contribution in [1.29, 1.82) is 0 Å². The van der Waals surface area contributed by atoms with Crippen LogP contribution in [0.1, 0.15) is 0 Å². The number of hydrogen-bond acceptors (Lipinski definition) is 3. The molecule has 1 heterocycles. The van der Waals surface area contributed by atoms with E-state index in [1.165, 1.54) is 6.20 Å². The molecule has 0 radical (unpaired) electrons. The van der Waals surface area contributed by atoms with Gasteiger partial charge in [0, 0.05) is 11.6 Å². The van der Waals surface area contributed by atoms with Crippen LogP contribution in [0.2, 0.25) is 0 Å². The Bertz CT molecular complexity index is 468. The predicted molar refractivity (Wildman–Crippen MR) is 45.8 cm³/mol. The van der Waals surface area contributed by atoms with Crippen LogP contribution in [0.4, 0.5) is 0 Å². The van der Waals surface area contributed by atoms with E-state index >= 15 is 0 Å². The SMILES string of the molecule is O=c1cncc2ccccc2n1. The van der Waals surface area contributed by atoms with Crippen LogP contribution in [0.5, 0.6) is 0 Å². The van der Waals surface area contributed by atoms with Crippen molar-refractivity contribution in [1.82, 2.24) is 9.97 Å². The molecule has 0 N–H and O–H groups in total. The number of aromatic nitrogens is 2. The number of rotatable bonds is 0. The summed E-state index contributed by atoms with van der Waals surface area (Å²) in [5.74, 6) is 0. The van der Waals surface area contributed by atoms with Gasteiger partial charge in [0.05, 0.1) is 11.7 Å². The van der Waals surface area contributed by atoms with E-state index in [1.54, 1.807) is 12.3 Å². The molecule has 2 rings (SSSR count). The Hall–Kier alpha value is -1.77. The van der Waals surface area contributed by atoms with E-state index < -0.39 is 0 Å². The quantitative estimate of drug-likeness (QED) is 0.574. The van der Waals surface area contributed by atoms with Crippen LogP contribution in [-0.2, 0) is 0 Å². The minimum Gasteiger partial charge on any atom is -0.266 e. The lowest BCUT2D eigenvalue weighted by atomic mass is 10.2. The second kappa shape index (κ2) is 2.70. The summed E-state index contributed by atoms with van der Waals surface area (Å²) in [7, 11) is 0. The van der Waals surface area contributed by atoms with Gasteiger partial charge in [-0.25, -0.2) is 4.98 Å². The lowest BCUT2D eigenvalue weighted by Gasteiger charge is -1.85. The third-order valence-corrected chi connectivity index (χ3v) is 1.57. The molecule has 0 unspecified atom stereocenters. The standard InChI is InChI=1S/C9H6N2O/c12-9-6-10-5-7-3-1-2-4-8(7)11-9/h1-6H. The molecule has 0 spiro atoms. The number of hydrogen-bond donors (Lipinski definition) is 0. The van der Waals surface area contributed by atoms with E-state index in [1.807, 2.05) is 18.2 Å². The molecule has 0 bridgehead atoms. The number of benzene rings is 1. The maximum Gasteiger partial charge on any atom is 0.288 e. The van der Waals surface area contributed by atoms with Crippen LogP contribution in [0.3, 0.4) is 0 Å². The molecule has 1 aromatic carbocycles. The molecule has 58 valence electrons. The Morgan fingerprint density at radius 2 is 1.92 bits per heavy atom. The van der Waals surface area contributed by atoms with E-state index in [0.29, 0.717) is 5.52 Å². The minimum atomic E-state index is -0.309. The van der Waals surface area contributed by atoms with Gasteiger partial charge in [-0.15, -0.1) is 0 Å². The van der Waals surface area contributed by atoms with Crippen molar-refractivity contribution in [2.24, 2.45) is 0 Å². The van der Waals surface area contributed by atoms with Gasteiger partial charge in [-0.3, -0.25) is 9.78 Å². The minimum absolute atomic E-state index is 0.309. The molecule has 0 atom stereocenters. The molecule has 0 saturated heterocycles. The molecule has 3 heteroatoms. The molecule has 12 heavy (non-hydrogen) atoms. The number of fused-ring (bicyclic) bond motifs is 1. The molecule has 0 fully saturated rings. The fraction of sp³-hybridized carbons (Fsp3) is 0. The molecule has 3 nitrogen and oxygen atoms in total. The fourth-order valence-corrected chi connectivity index (χ4v) is 1.03. The molecule has 0 amide bonds. The molecule has 1 aromatic heterocycles. The first-order valence-corrected chi connectivity index (χ1v) is 3.57. The molecule has 0 aliphatic rings. The highest BCUT2D eigenvalue weighted by Crippen LogP contribution is 2.04. The van der Waals surface area contributed by atoms with Crippen LogP contribution < -0.4 is 5.56 Å². The van der Waals surface area contributed by atoms with E-state index in [2.05, 4.69) is 9.97 Å². The summed E-state index contributed by atoms with van der Waals surface area (Å²) >= 11 is 0. The smallest absolute Gasteiger partial charge is 0.266 e. The molecule has 0 saturated carbocycles. The largest absolute Gasteiger partial charge is 0.288 e. The Balaban J connectivity index is 2.98. The van der Waals surface area contributed by atoms with Crippen molar-refractivity contribution < 1.29 is 0 Å². The van der Waals surface area contributed by atoms with Gasteiger partial charge in [-0.2, -0.15) is 0 Å². The zero-order valence-corrected chi connectivity index (χ0v) is 6.27. The monoisotopic (exact) mass is 158 g/mol. The number of para-hydroxylation sites is 1. The normalized spacial score (nSPS) is 10.0. The summed E-state index contributed by atoms with van der Waals surface area (Å²) in [5, 5.41) is 0.875. The highest BCUT2D eigenvalue weighted by Gasteiger charge is 1.90. The van der Waals surface area contributed by atoms with Gasteiger partial charge < -0.3 is 0 Å². The van der Waals surface area contributed by atoms with Crippen LogP contribution in [-0.4, -0.2) is 9.97 Å². The highest BCUT2D eigenvalue weighted by molar-refractivity contribution is 5.76. The van der Waals surface area contributed by atoms with Crippen molar-refractivity contribution in [2.45, 2.75) is 0 Å². The maximum atomic E-state index is 10.9. The first kappa shape index (κ1) is 6.91. The van der Waals surface area contributed by atoms with Gasteiger partial charge >= 0.3 is 0 Å². The summed E-state index contributed by atoms with van der Waals surface area (Å²) in [5.41, 5.74) is 0.371. The fourth-order valence-electron chi connectivity index (χ4n) is 1.03. The highest BCUT2D eigenvalue weighted by atomic mass is 16.1. The molecular weight excluding hydrogens is 152 g/mol. The first-order chi connectivity index (χ1) is 5.86. The van der Waals surface area contributed by atoms with Crippen LogP contribution in [0, 0.1) is 0 Å². The summed E-state index contributed by atoms with van der Waals surface area (Å²) in [4.78, 5) is 18.5. The average Bonchev–Trinajstić information content (AvgIpc) is 2.25. The summed E-state index contributed by atoms with van der Waals surface area (Å²) in [6.07, 6.45) is 2.84. The molecular formula is C9H6N2O. The summed E-state index contributed by atoms with van der Waals surface area (Å²) < 4.78 is 0. The van der Waals surface area contributed by atoms with Gasteiger partial charge in [0.25, 0.3) is 5.56 Å². The predicted octanol–water partition coefficient (Wildman–Crippen LogP) is 0.990. The van der Waals surface area contributed by atoms with Crippen molar-refractivity contribution in [3.63, 3.8) is 0 Å². The van der Waals surface area contributed by atoms with E-state index in [9.17, 15) is 4.79 Å². The maximum absolute atomic E-state index is 10.9. The zero-order chi connectivity index (χ0) is 8.39. The lowest BCUT2D eigenvalue weighted by Crippen LogP contribution is -1.98. The molecule has 0 aliphatic carbocycles. The van der Waals surface area contributed by atoms with Gasteiger partial charge in [0.2, 0.25) is 0 Å². The first-order valence-electron chi connectivity index (χ1n) is 3.57. The van der Waals surface area contributed by atoms with Crippen LogP contribution >= 0.6 is 0 Å². The molecule has 2 aromatic rings. The van der Waals surface area contributed by atoms with E-state index in [4.69, 9.17) is 0 Å². The third-order valence-electron chi connectivity index (χ3n) is 1.57. The van der Waals surface area contributed by atoms with Crippen molar-refractivity contribution in [2.75, 3.05) is 0 Å². The van der Waals surface area contributed by atoms with Gasteiger partial charge in [-0.05, 0) is 6.07 Å². The Kier molecular flexibility index (Phi) is 1.55. The Labute approximate surface area is 68.7 Å². The topological polar surface area (TPSA) is 42.9 Å². The Morgan fingerprint density at radius 3 is 2.83 bits per heavy atom. The molecule has 0 aliphatic heterocycles. The van der Waals surface area contributed by atoms with E-state index in [-0.39, 0.29) is 5.56 Å².